The van der Waals surface area contributed by atoms with Crippen molar-refractivity contribution in [2.75, 3.05) is 6.61 Å². The summed E-state index contributed by atoms with van der Waals surface area (Å²) in [6.45, 7) is 2.81. The highest BCUT2D eigenvalue weighted by Crippen LogP contribution is 2.21. The summed E-state index contributed by atoms with van der Waals surface area (Å²) in [5.74, 6) is 0.827. The van der Waals surface area contributed by atoms with Crippen LogP contribution in [0.1, 0.15) is 44.5 Å². The van der Waals surface area contributed by atoms with Crippen LogP contribution in [0.4, 0.5) is 0 Å². The molecule has 1 aliphatic heterocycles. The van der Waals surface area contributed by atoms with Gasteiger partial charge in [0.1, 0.15) is 5.82 Å². The minimum absolute atomic E-state index is 0.0291. The number of aromatic amines is 1. The molecule has 0 bridgehead atoms. The highest BCUT2D eigenvalue weighted by atomic mass is 16.5. The third-order valence-corrected chi connectivity index (χ3v) is 4.19. The standard InChI is InChI=1S/C18H23N3O2/c1-2-15(20-17(22)11-14-9-6-10-23-14)18-19-12-16(21-18)13-7-4-3-5-8-13/h3-5,7-8,12,14-15H,2,6,9-11H2,1H3,(H,19,21)(H,20,22)/t14-,15-/m1/s1. The van der Waals surface area contributed by atoms with Gasteiger partial charge in [0.25, 0.3) is 0 Å². The normalized spacial score (nSPS) is 18.7. The Balaban J connectivity index is 1.64. The van der Waals surface area contributed by atoms with E-state index >= 15 is 0 Å². The van der Waals surface area contributed by atoms with Gasteiger partial charge in [-0.15, -0.1) is 0 Å². The van der Waals surface area contributed by atoms with E-state index in [-0.39, 0.29) is 18.1 Å². The summed E-state index contributed by atoms with van der Waals surface area (Å²) in [4.78, 5) is 20.0. The first-order valence-corrected chi connectivity index (χ1v) is 8.27. The van der Waals surface area contributed by atoms with Gasteiger partial charge in [0.15, 0.2) is 0 Å². The number of ether oxygens (including phenoxy) is 1. The fourth-order valence-corrected chi connectivity index (χ4v) is 2.91. The minimum Gasteiger partial charge on any atom is -0.378 e. The van der Waals surface area contributed by atoms with Gasteiger partial charge in [-0.25, -0.2) is 4.98 Å². The molecule has 122 valence electrons. The lowest BCUT2D eigenvalue weighted by atomic mass is 10.1. The van der Waals surface area contributed by atoms with Crippen LogP contribution in [0, 0.1) is 0 Å². The second-order valence-corrected chi connectivity index (χ2v) is 5.92. The van der Waals surface area contributed by atoms with Gasteiger partial charge in [-0.1, -0.05) is 37.3 Å². The van der Waals surface area contributed by atoms with E-state index in [0.717, 1.165) is 43.0 Å². The summed E-state index contributed by atoms with van der Waals surface area (Å²) in [5.41, 5.74) is 2.05. The minimum atomic E-state index is -0.0960. The molecule has 5 heteroatoms. The second kappa shape index (κ2) is 7.42. The predicted octanol–water partition coefficient (Wildman–Crippen LogP) is 3.21. The summed E-state index contributed by atoms with van der Waals surface area (Å²) in [6, 6.07) is 9.96. The van der Waals surface area contributed by atoms with E-state index in [9.17, 15) is 4.79 Å². The Morgan fingerprint density at radius 1 is 1.43 bits per heavy atom. The lowest BCUT2D eigenvalue weighted by molar-refractivity contribution is -0.124. The third-order valence-electron chi connectivity index (χ3n) is 4.19. The first-order valence-electron chi connectivity index (χ1n) is 8.27. The van der Waals surface area contributed by atoms with Crippen LogP contribution in [0.25, 0.3) is 11.3 Å². The van der Waals surface area contributed by atoms with Gasteiger partial charge >= 0.3 is 0 Å². The van der Waals surface area contributed by atoms with Crippen molar-refractivity contribution in [2.24, 2.45) is 0 Å². The number of rotatable bonds is 6. The van der Waals surface area contributed by atoms with E-state index in [1.54, 1.807) is 0 Å². The number of benzene rings is 1. The summed E-state index contributed by atoms with van der Waals surface area (Å²) in [6.07, 6.45) is 5.14. The predicted molar refractivity (Wildman–Crippen MR) is 88.8 cm³/mol. The zero-order valence-electron chi connectivity index (χ0n) is 13.4. The van der Waals surface area contributed by atoms with E-state index in [2.05, 4.69) is 15.3 Å². The van der Waals surface area contributed by atoms with Gasteiger partial charge in [0.2, 0.25) is 5.91 Å². The van der Waals surface area contributed by atoms with Crippen LogP contribution in [0.3, 0.4) is 0 Å². The third kappa shape index (κ3) is 3.99. The fourth-order valence-electron chi connectivity index (χ4n) is 2.91. The molecule has 1 amide bonds. The van der Waals surface area contributed by atoms with Gasteiger partial charge in [-0.3, -0.25) is 4.79 Å². The Morgan fingerprint density at radius 3 is 2.96 bits per heavy atom. The molecule has 2 atom stereocenters. The summed E-state index contributed by atoms with van der Waals surface area (Å²) < 4.78 is 5.52. The molecule has 2 aromatic rings. The molecule has 2 heterocycles. The van der Waals surface area contributed by atoms with Crippen LogP contribution in [0.2, 0.25) is 0 Å². The average molecular weight is 313 g/mol. The zero-order chi connectivity index (χ0) is 16.1. The molecule has 1 aliphatic rings. The molecule has 5 nitrogen and oxygen atoms in total. The van der Waals surface area contributed by atoms with Gasteiger partial charge in [0.05, 0.1) is 30.5 Å². The number of carbonyl (C=O) groups is 1. The Morgan fingerprint density at radius 2 is 2.26 bits per heavy atom. The largest absolute Gasteiger partial charge is 0.378 e. The Labute approximate surface area is 136 Å². The van der Waals surface area contributed by atoms with Crippen molar-refractivity contribution in [2.45, 2.75) is 44.8 Å². The topological polar surface area (TPSA) is 67.0 Å². The lowest BCUT2D eigenvalue weighted by Gasteiger charge is -2.16. The molecule has 1 saturated heterocycles. The maximum atomic E-state index is 12.2. The summed E-state index contributed by atoms with van der Waals surface area (Å²) >= 11 is 0. The SMILES string of the molecule is CC[C@@H](NC(=O)C[C@H]1CCCO1)c1ncc(-c2ccccc2)[nH]1. The van der Waals surface area contributed by atoms with Gasteiger partial charge in [-0.2, -0.15) is 0 Å². The molecule has 1 aromatic carbocycles. The molecule has 2 N–H and O–H groups in total. The van der Waals surface area contributed by atoms with Crippen LogP contribution in [-0.4, -0.2) is 28.6 Å². The Bertz CT molecular complexity index is 633. The fraction of sp³-hybridized carbons (Fsp3) is 0.444. The van der Waals surface area contributed by atoms with Crippen molar-refractivity contribution in [3.63, 3.8) is 0 Å². The number of hydrogen-bond acceptors (Lipinski definition) is 3. The molecular formula is C18H23N3O2. The highest BCUT2D eigenvalue weighted by Gasteiger charge is 2.22. The van der Waals surface area contributed by atoms with E-state index < -0.39 is 0 Å². The molecule has 3 rings (SSSR count). The monoisotopic (exact) mass is 313 g/mol. The Kier molecular flexibility index (Phi) is 5.08. The number of imidazole rings is 1. The highest BCUT2D eigenvalue weighted by molar-refractivity contribution is 5.77. The molecule has 0 aliphatic carbocycles. The first-order chi connectivity index (χ1) is 11.3. The molecule has 0 saturated carbocycles. The zero-order valence-corrected chi connectivity index (χ0v) is 13.4. The maximum Gasteiger partial charge on any atom is 0.223 e. The molecule has 0 spiro atoms. The van der Waals surface area contributed by atoms with E-state index in [1.165, 1.54) is 0 Å². The lowest BCUT2D eigenvalue weighted by Crippen LogP contribution is -2.31. The number of aromatic nitrogens is 2. The van der Waals surface area contributed by atoms with Crippen molar-refractivity contribution >= 4 is 5.91 Å². The number of carbonyl (C=O) groups excluding carboxylic acids is 1. The molecule has 1 aromatic heterocycles. The number of nitrogens with one attached hydrogen (secondary N) is 2. The van der Waals surface area contributed by atoms with Crippen molar-refractivity contribution in [1.82, 2.24) is 15.3 Å². The molecule has 1 fully saturated rings. The van der Waals surface area contributed by atoms with Crippen LogP contribution >= 0.6 is 0 Å². The molecule has 0 unspecified atom stereocenters. The van der Waals surface area contributed by atoms with Crippen LogP contribution in [0.15, 0.2) is 36.5 Å². The number of H-pyrrole nitrogens is 1. The average Bonchev–Trinajstić information content (AvgIpc) is 3.25. The van der Waals surface area contributed by atoms with Crippen molar-refractivity contribution in [3.8, 4) is 11.3 Å². The number of amides is 1. The van der Waals surface area contributed by atoms with E-state index in [0.29, 0.717) is 6.42 Å². The summed E-state index contributed by atoms with van der Waals surface area (Å²) in [5, 5.41) is 3.06. The molecule has 23 heavy (non-hydrogen) atoms. The van der Waals surface area contributed by atoms with Crippen LogP contribution in [0.5, 0.6) is 0 Å². The number of hydrogen-bond donors (Lipinski definition) is 2. The first kappa shape index (κ1) is 15.7. The molecule has 0 radical (unpaired) electrons. The van der Waals surface area contributed by atoms with Crippen LogP contribution in [-0.2, 0) is 9.53 Å². The van der Waals surface area contributed by atoms with Gasteiger partial charge < -0.3 is 15.0 Å². The molecular weight excluding hydrogens is 290 g/mol. The summed E-state index contributed by atoms with van der Waals surface area (Å²) in [7, 11) is 0. The van der Waals surface area contributed by atoms with Crippen molar-refractivity contribution in [1.29, 1.82) is 0 Å². The number of nitrogens with zero attached hydrogens (tertiary/aromatic N) is 1. The van der Waals surface area contributed by atoms with Crippen molar-refractivity contribution in [3.05, 3.63) is 42.4 Å². The van der Waals surface area contributed by atoms with E-state index in [1.807, 2.05) is 43.5 Å². The van der Waals surface area contributed by atoms with Gasteiger partial charge in [-0.05, 0) is 24.8 Å². The smallest absolute Gasteiger partial charge is 0.223 e. The quantitative estimate of drug-likeness (QED) is 0.860. The van der Waals surface area contributed by atoms with Gasteiger partial charge in [0, 0.05) is 6.61 Å². The van der Waals surface area contributed by atoms with Crippen molar-refractivity contribution < 1.29 is 9.53 Å². The second-order valence-electron chi connectivity index (χ2n) is 5.92. The van der Waals surface area contributed by atoms with E-state index in [4.69, 9.17) is 4.74 Å². The van der Waals surface area contributed by atoms with Crippen LogP contribution < -0.4 is 5.32 Å². The maximum absolute atomic E-state index is 12.2. The Hall–Kier alpha value is -2.14.